The predicted octanol–water partition coefficient (Wildman–Crippen LogP) is 8.30. The second-order valence-corrected chi connectivity index (χ2v) is 6.95. The largest absolute Gasteiger partial charge is 0.120 e. The summed E-state index contributed by atoms with van der Waals surface area (Å²) in [6.45, 7) is 6.67. The fraction of sp³-hybridized carbons (Fsp3) is 0.769. The van der Waals surface area contributed by atoms with Crippen molar-refractivity contribution in [1.82, 2.24) is 0 Å². The van der Waals surface area contributed by atoms with Gasteiger partial charge in [0.05, 0.1) is 0 Å². The lowest BCUT2D eigenvalue weighted by molar-refractivity contribution is 0.579. The van der Waals surface area contributed by atoms with Crippen LogP contribution in [0.1, 0.15) is 130 Å². The van der Waals surface area contributed by atoms with Gasteiger partial charge in [-0.2, -0.15) is 0 Å². The van der Waals surface area contributed by atoms with Crippen molar-refractivity contribution in [3.63, 3.8) is 0 Å². The summed E-state index contributed by atoms with van der Waals surface area (Å²) in [4.78, 5) is 0. The SMILES string of the molecule is C#CCCCCC.CCCCCC#CC#CCCCCCCCCCC. The standard InChI is InChI=1S/C19H32.C7H12/c1-3-5-7-9-11-13-15-17-19-18-16-14-12-10-8-6-4-2;1-3-5-7-6-4-2/h3-11,13,15,17,19H2,1-2H3;1H,4-7H2,2H3. The second-order valence-electron chi connectivity index (χ2n) is 6.95. The van der Waals surface area contributed by atoms with Gasteiger partial charge in [0.15, 0.2) is 0 Å². The third-order valence-corrected chi connectivity index (χ3v) is 4.22. The lowest BCUT2D eigenvalue weighted by Gasteiger charge is -1.98. The first-order valence-electron chi connectivity index (χ1n) is 11.2. The Kier molecular flexibility index (Phi) is 29.5. The molecule has 0 bridgehead atoms. The molecule has 26 heavy (non-hydrogen) atoms. The van der Waals surface area contributed by atoms with E-state index in [-0.39, 0.29) is 0 Å². The van der Waals surface area contributed by atoms with Gasteiger partial charge in [0, 0.05) is 19.3 Å². The lowest BCUT2D eigenvalue weighted by Crippen LogP contribution is -1.79. The van der Waals surface area contributed by atoms with Gasteiger partial charge in [0.1, 0.15) is 0 Å². The second kappa shape index (κ2) is 28.5. The molecule has 0 radical (unpaired) electrons. The molecule has 0 aliphatic heterocycles. The van der Waals surface area contributed by atoms with Crippen LogP contribution in [0.3, 0.4) is 0 Å². The topological polar surface area (TPSA) is 0 Å². The van der Waals surface area contributed by atoms with Gasteiger partial charge in [-0.3, -0.25) is 0 Å². The Labute approximate surface area is 166 Å². The molecule has 0 heterocycles. The first-order valence-corrected chi connectivity index (χ1v) is 11.2. The number of terminal acetylenes is 1. The van der Waals surface area contributed by atoms with E-state index in [1.807, 2.05) is 0 Å². The molecular weight excluding hydrogens is 312 g/mol. The van der Waals surface area contributed by atoms with Crippen molar-refractivity contribution in [3.05, 3.63) is 0 Å². The fourth-order valence-electron chi connectivity index (χ4n) is 2.50. The molecule has 0 aromatic carbocycles. The highest BCUT2D eigenvalue weighted by atomic mass is 14.0. The van der Waals surface area contributed by atoms with Crippen LogP contribution in [0.4, 0.5) is 0 Å². The van der Waals surface area contributed by atoms with E-state index in [1.54, 1.807) is 0 Å². The zero-order valence-electron chi connectivity index (χ0n) is 18.1. The van der Waals surface area contributed by atoms with E-state index in [1.165, 1.54) is 89.9 Å². The molecule has 0 amide bonds. The maximum absolute atomic E-state index is 5.02. The van der Waals surface area contributed by atoms with Gasteiger partial charge < -0.3 is 0 Å². The van der Waals surface area contributed by atoms with Crippen LogP contribution in [0.15, 0.2) is 0 Å². The molecule has 0 aliphatic rings. The summed E-state index contributed by atoms with van der Waals surface area (Å²) in [7, 11) is 0. The van der Waals surface area contributed by atoms with E-state index in [0.717, 1.165) is 19.3 Å². The van der Waals surface area contributed by atoms with Gasteiger partial charge >= 0.3 is 0 Å². The first kappa shape index (κ1) is 26.9. The maximum Gasteiger partial charge on any atom is 0.00989 e. The number of hydrogen-bond donors (Lipinski definition) is 0. The molecule has 0 aliphatic carbocycles. The van der Waals surface area contributed by atoms with Crippen LogP contribution in [0.5, 0.6) is 0 Å². The number of unbranched alkanes of at least 4 members (excludes halogenated alkanes) is 14. The minimum absolute atomic E-state index is 0.952. The molecule has 0 heteroatoms. The minimum Gasteiger partial charge on any atom is -0.120 e. The van der Waals surface area contributed by atoms with Crippen molar-refractivity contribution < 1.29 is 0 Å². The molecule has 0 saturated carbocycles. The van der Waals surface area contributed by atoms with Crippen LogP contribution in [0.25, 0.3) is 0 Å². The Balaban J connectivity index is 0. The van der Waals surface area contributed by atoms with E-state index in [2.05, 4.69) is 50.4 Å². The van der Waals surface area contributed by atoms with Crippen molar-refractivity contribution in [1.29, 1.82) is 0 Å². The van der Waals surface area contributed by atoms with Crippen molar-refractivity contribution in [2.75, 3.05) is 0 Å². The summed E-state index contributed by atoms with van der Waals surface area (Å²) < 4.78 is 0. The van der Waals surface area contributed by atoms with E-state index in [9.17, 15) is 0 Å². The van der Waals surface area contributed by atoms with Crippen LogP contribution >= 0.6 is 0 Å². The molecule has 0 rings (SSSR count). The summed E-state index contributed by atoms with van der Waals surface area (Å²) in [6.07, 6.45) is 26.5. The third-order valence-electron chi connectivity index (χ3n) is 4.22. The highest BCUT2D eigenvalue weighted by Gasteiger charge is 1.90. The Hall–Kier alpha value is -1.32. The Morgan fingerprint density at radius 3 is 1.27 bits per heavy atom. The molecule has 0 aromatic heterocycles. The Morgan fingerprint density at radius 1 is 0.462 bits per heavy atom. The summed E-state index contributed by atoms with van der Waals surface area (Å²) >= 11 is 0. The summed E-state index contributed by atoms with van der Waals surface area (Å²) in [5.74, 6) is 14.8. The number of rotatable bonds is 14. The minimum atomic E-state index is 0.952. The molecule has 0 saturated heterocycles. The van der Waals surface area contributed by atoms with E-state index >= 15 is 0 Å². The quantitative estimate of drug-likeness (QED) is 0.217. The van der Waals surface area contributed by atoms with Gasteiger partial charge in [-0.15, -0.1) is 12.3 Å². The van der Waals surface area contributed by atoms with Gasteiger partial charge in [0.25, 0.3) is 0 Å². The van der Waals surface area contributed by atoms with E-state index in [0.29, 0.717) is 0 Å². The van der Waals surface area contributed by atoms with Crippen molar-refractivity contribution in [3.8, 4) is 36.0 Å². The lowest BCUT2D eigenvalue weighted by atomic mass is 10.1. The summed E-state index contributed by atoms with van der Waals surface area (Å²) in [6, 6.07) is 0. The smallest absolute Gasteiger partial charge is 0.00989 e. The molecule has 0 spiro atoms. The van der Waals surface area contributed by atoms with Gasteiger partial charge in [-0.25, -0.2) is 0 Å². The van der Waals surface area contributed by atoms with Crippen LogP contribution < -0.4 is 0 Å². The van der Waals surface area contributed by atoms with E-state index < -0.39 is 0 Å². The maximum atomic E-state index is 5.02. The Morgan fingerprint density at radius 2 is 0.808 bits per heavy atom. The summed E-state index contributed by atoms with van der Waals surface area (Å²) in [5, 5.41) is 0. The third kappa shape index (κ3) is 30.5. The first-order chi connectivity index (χ1) is 12.8. The van der Waals surface area contributed by atoms with Crippen LogP contribution in [0, 0.1) is 36.0 Å². The molecule has 0 unspecified atom stereocenters. The highest BCUT2D eigenvalue weighted by molar-refractivity contribution is 5.25. The van der Waals surface area contributed by atoms with Gasteiger partial charge in [-0.05, 0) is 31.1 Å². The van der Waals surface area contributed by atoms with Crippen LogP contribution in [0.2, 0.25) is 0 Å². The van der Waals surface area contributed by atoms with Crippen LogP contribution in [-0.2, 0) is 0 Å². The highest BCUT2D eigenvalue weighted by Crippen LogP contribution is 2.09. The molecule has 0 aromatic rings. The predicted molar refractivity (Wildman–Crippen MR) is 120 cm³/mol. The normalized spacial score (nSPS) is 9.00. The van der Waals surface area contributed by atoms with Crippen molar-refractivity contribution in [2.45, 2.75) is 130 Å². The molecule has 0 fully saturated rings. The fourth-order valence-corrected chi connectivity index (χ4v) is 2.50. The molecule has 0 N–H and O–H groups in total. The van der Waals surface area contributed by atoms with Crippen molar-refractivity contribution >= 4 is 0 Å². The van der Waals surface area contributed by atoms with Crippen molar-refractivity contribution in [2.24, 2.45) is 0 Å². The molecule has 0 atom stereocenters. The monoisotopic (exact) mass is 356 g/mol. The zero-order valence-corrected chi connectivity index (χ0v) is 18.1. The van der Waals surface area contributed by atoms with Gasteiger partial charge in [0.2, 0.25) is 0 Å². The molecule has 148 valence electrons. The molecular formula is C26H44. The zero-order chi connectivity index (χ0) is 19.6. The molecule has 0 nitrogen and oxygen atoms in total. The average Bonchev–Trinajstić information content (AvgIpc) is 2.66. The summed E-state index contributed by atoms with van der Waals surface area (Å²) in [5.41, 5.74) is 0. The average molecular weight is 357 g/mol. The van der Waals surface area contributed by atoms with Crippen LogP contribution in [-0.4, -0.2) is 0 Å². The van der Waals surface area contributed by atoms with E-state index in [4.69, 9.17) is 6.42 Å². The number of hydrogen-bond acceptors (Lipinski definition) is 0. The Bertz CT molecular complexity index is 401. The van der Waals surface area contributed by atoms with Gasteiger partial charge in [-0.1, -0.05) is 103 Å².